The average molecular weight is 385 g/mol. The van der Waals surface area contributed by atoms with Gasteiger partial charge < -0.3 is 14.8 Å². The number of hydrogen-bond donors (Lipinski definition) is 1. The van der Waals surface area contributed by atoms with E-state index in [9.17, 15) is 4.79 Å². The van der Waals surface area contributed by atoms with Crippen molar-refractivity contribution in [3.8, 4) is 5.75 Å². The van der Waals surface area contributed by atoms with Gasteiger partial charge in [-0.25, -0.2) is 0 Å². The first kappa shape index (κ1) is 16.8. The molecule has 0 radical (unpaired) electrons. The van der Waals surface area contributed by atoms with Crippen LogP contribution in [0.25, 0.3) is 0 Å². The molecule has 2 rings (SSSR count). The molecule has 0 aliphatic heterocycles. The van der Waals surface area contributed by atoms with E-state index in [1.54, 1.807) is 43.5 Å². The number of carbonyl (C=O) groups is 1. The van der Waals surface area contributed by atoms with E-state index in [0.29, 0.717) is 35.2 Å². The van der Waals surface area contributed by atoms with Crippen LogP contribution in [0.3, 0.4) is 0 Å². The molecule has 116 valence electrons. The zero-order chi connectivity index (χ0) is 15.9. The molecule has 4 nitrogen and oxygen atoms in total. The molecule has 2 aromatic carbocycles. The van der Waals surface area contributed by atoms with E-state index in [2.05, 4.69) is 21.2 Å². The van der Waals surface area contributed by atoms with Crippen molar-refractivity contribution >= 4 is 39.1 Å². The maximum absolute atomic E-state index is 12.5. The second-order valence-corrected chi connectivity index (χ2v) is 5.74. The summed E-state index contributed by atoms with van der Waals surface area (Å²) in [5, 5.41) is 3.26. The first-order valence-corrected chi connectivity index (χ1v) is 7.76. The molecule has 0 aromatic heterocycles. The zero-order valence-corrected chi connectivity index (χ0v) is 14.3. The van der Waals surface area contributed by atoms with Crippen LogP contribution in [0.15, 0.2) is 46.9 Å². The van der Waals surface area contributed by atoms with Crippen molar-refractivity contribution in [3.05, 3.63) is 57.5 Å². The summed E-state index contributed by atoms with van der Waals surface area (Å²) in [6.07, 6.45) is 0. The lowest BCUT2D eigenvalue weighted by Crippen LogP contribution is -2.15. The van der Waals surface area contributed by atoms with Crippen LogP contribution >= 0.6 is 27.5 Å². The number of anilines is 1. The van der Waals surface area contributed by atoms with Gasteiger partial charge in [-0.2, -0.15) is 0 Å². The lowest BCUT2D eigenvalue weighted by atomic mass is 10.2. The summed E-state index contributed by atoms with van der Waals surface area (Å²) in [4.78, 5) is 12.5. The second-order valence-electron chi connectivity index (χ2n) is 4.42. The standard InChI is InChI=1S/C16H15BrClNO3/c1-21-8-9-22-15-7-6-11(17)10-12(15)16(20)19-14-5-3-2-4-13(14)18/h2-7,10H,8-9H2,1H3,(H,19,20). The Morgan fingerprint density at radius 3 is 2.73 bits per heavy atom. The van der Waals surface area contributed by atoms with Crippen LogP contribution in [-0.2, 0) is 4.74 Å². The highest BCUT2D eigenvalue weighted by Crippen LogP contribution is 2.26. The lowest BCUT2D eigenvalue weighted by molar-refractivity contribution is 0.101. The Labute approximate surface area is 142 Å². The maximum atomic E-state index is 12.5. The molecule has 2 aromatic rings. The van der Waals surface area contributed by atoms with Gasteiger partial charge >= 0.3 is 0 Å². The molecule has 0 unspecified atom stereocenters. The summed E-state index contributed by atoms with van der Waals surface area (Å²) in [7, 11) is 1.59. The summed E-state index contributed by atoms with van der Waals surface area (Å²) in [6, 6.07) is 12.3. The van der Waals surface area contributed by atoms with Crippen LogP contribution in [0.1, 0.15) is 10.4 Å². The smallest absolute Gasteiger partial charge is 0.259 e. The minimum atomic E-state index is -0.290. The fourth-order valence-corrected chi connectivity index (χ4v) is 2.34. The number of benzene rings is 2. The number of ether oxygens (including phenoxy) is 2. The number of carbonyl (C=O) groups excluding carboxylic acids is 1. The maximum Gasteiger partial charge on any atom is 0.259 e. The van der Waals surface area contributed by atoms with Crippen molar-refractivity contribution in [1.82, 2.24) is 0 Å². The van der Waals surface area contributed by atoms with Crippen molar-refractivity contribution in [2.45, 2.75) is 0 Å². The Balaban J connectivity index is 2.20. The number of methoxy groups -OCH3 is 1. The summed E-state index contributed by atoms with van der Waals surface area (Å²) in [6.45, 7) is 0.812. The molecular formula is C16H15BrClNO3. The number of para-hydroxylation sites is 1. The number of nitrogens with one attached hydrogen (secondary N) is 1. The van der Waals surface area contributed by atoms with E-state index < -0.39 is 0 Å². The average Bonchev–Trinajstić information content (AvgIpc) is 2.51. The molecule has 0 heterocycles. The van der Waals surface area contributed by atoms with Crippen molar-refractivity contribution in [2.24, 2.45) is 0 Å². The van der Waals surface area contributed by atoms with E-state index in [0.717, 1.165) is 4.47 Å². The molecule has 0 aliphatic carbocycles. The van der Waals surface area contributed by atoms with Crippen LogP contribution in [0.2, 0.25) is 5.02 Å². The molecule has 1 amide bonds. The Kier molecular flexibility index (Phi) is 6.24. The summed E-state index contributed by atoms with van der Waals surface area (Å²) in [5.74, 6) is 0.201. The van der Waals surface area contributed by atoms with Gasteiger partial charge in [-0.1, -0.05) is 39.7 Å². The van der Waals surface area contributed by atoms with E-state index in [1.165, 1.54) is 0 Å². The molecule has 0 aliphatic rings. The molecular weight excluding hydrogens is 370 g/mol. The number of hydrogen-bond acceptors (Lipinski definition) is 3. The third-order valence-electron chi connectivity index (χ3n) is 2.85. The first-order chi connectivity index (χ1) is 10.6. The van der Waals surface area contributed by atoms with Crippen molar-refractivity contribution < 1.29 is 14.3 Å². The molecule has 0 fully saturated rings. The fourth-order valence-electron chi connectivity index (χ4n) is 1.79. The Bertz CT molecular complexity index is 664. The van der Waals surface area contributed by atoms with Gasteiger partial charge in [0, 0.05) is 11.6 Å². The first-order valence-electron chi connectivity index (χ1n) is 6.59. The van der Waals surface area contributed by atoms with Crippen LogP contribution in [-0.4, -0.2) is 26.2 Å². The van der Waals surface area contributed by atoms with Gasteiger partial charge in [-0.15, -0.1) is 0 Å². The van der Waals surface area contributed by atoms with Gasteiger partial charge in [0.2, 0.25) is 0 Å². The van der Waals surface area contributed by atoms with Gasteiger partial charge in [0.15, 0.2) is 0 Å². The highest BCUT2D eigenvalue weighted by Gasteiger charge is 2.14. The highest BCUT2D eigenvalue weighted by atomic mass is 79.9. The lowest BCUT2D eigenvalue weighted by Gasteiger charge is -2.12. The summed E-state index contributed by atoms with van der Waals surface area (Å²) < 4.78 is 11.3. The molecule has 22 heavy (non-hydrogen) atoms. The molecule has 6 heteroatoms. The number of rotatable bonds is 6. The molecule has 0 atom stereocenters. The molecule has 0 bridgehead atoms. The normalized spacial score (nSPS) is 10.3. The second kappa shape index (κ2) is 8.17. The minimum absolute atomic E-state index is 0.290. The third-order valence-corrected chi connectivity index (χ3v) is 3.68. The van der Waals surface area contributed by atoms with E-state index in [-0.39, 0.29) is 5.91 Å². The minimum Gasteiger partial charge on any atom is -0.490 e. The van der Waals surface area contributed by atoms with Gasteiger partial charge in [0.1, 0.15) is 12.4 Å². The van der Waals surface area contributed by atoms with Gasteiger partial charge in [-0.3, -0.25) is 4.79 Å². The summed E-state index contributed by atoms with van der Waals surface area (Å²) in [5.41, 5.74) is 0.974. The van der Waals surface area contributed by atoms with E-state index in [1.807, 2.05) is 6.07 Å². The van der Waals surface area contributed by atoms with Crippen molar-refractivity contribution in [2.75, 3.05) is 25.6 Å². The van der Waals surface area contributed by atoms with Gasteiger partial charge in [0.05, 0.1) is 22.9 Å². The zero-order valence-electron chi connectivity index (χ0n) is 11.9. The molecule has 1 N–H and O–H groups in total. The van der Waals surface area contributed by atoms with Gasteiger partial charge in [0.25, 0.3) is 5.91 Å². The van der Waals surface area contributed by atoms with Crippen molar-refractivity contribution in [1.29, 1.82) is 0 Å². The largest absolute Gasteiger partial charge is 0.490 e. The van der Waals surface area contributed by atoms with Crippen LogP contribution in [0.5, 0.6) is 5.75 Å². The predicted octanol–water partition coefficient (Wildman–Crippen LogP) is 4.38. The monoisotopic (exact) mass is 383 g/mol. The van der Waals surface area contributed by atoms with Crippen molar-refractivity contribution in [3.63, 3.8) is 0 Å². The number of amides is 1. The van der Waals surface area contributed by atoms with Gasteiger partial charge in [-0.05, 0) is 30.3 Å². The Hall–Kier alpha value is -1.56. The van der Waals surface area contributed by atoms with E-state index >= 15 is 0 Å². The topological polar surface area (TPSA) is 47.6 Å². The Morgan fingerprint density at radius 1 is 1.23 bits per heavy atom. The molecule has 0 spiro atoms. The van der Waals surface area contributed by atoms with Crippen LogP contribution in [0, 0.1) is 0 Å². The molecule has 0 saturated heterocycles. The SMILES string of the molecule is COCCOc1ccc(Br)cc1C(=O)Nc1ccccc1Cl. The molecule has 0 saturated carbocycles. The van der Waals surface area contributed by atoms with E-state index in [4.69, 9.17) is 21.1 Å². The van der Waals surface area contributed by atoms with Crippen LogP contribution in [0.4, 0.5) is 5.69 Å². The third kappa shape index (κ3) is 4.47. The highest BCUT2D eigenvalue weighted by molar-refractivity contribution is 9.10. The van der Waals surface area contributed by atoms with Crippen LogP contribution < -0.4 is 10.1 Å². The summed E-state index contributed by atoms with van der Waals surface area (Å²) >= 11 is 9.42. The fraction of sp³-hybridized carbons (Fsp3) is 0.188. The Morgan fingerprint density at radius 2 is 2.00 bits per heavy atom. The quantitative estimate of drug-likeness (QED) is 0.752. The number of halogens is 2. The predicted molar refractivity (Wildman–Crippen MR) is 90.9 cm³/mol.